The number of hydrogen-bond donors (Lipinski definition) is 0. The zero-order valence-electron chi connectivity index (χ0n) is 33.7. The summed E-state index contributed by atoms with van der Waals surface area (Å²) >= 11 is 0. The van der Waals surface area contributed by atoms with Crippen molar-refractivity contribution >= 4 is 57.7 Å². The minimum atomic E-state index is -5.46. The van der Waals surface area contributed by atoms with Crippen LogP contribution in [-0.2, 0) is 35.2 Å². The zero-order chi connectivity index (χ0) is 49.4. The van der Waals surface area contributed by atoms with Crippen molar-refractivity contribution in [2.75, 3.05) is 0 Å². The average Bonchev–Trinajstić information content (AvgIpc) is 3.29. The smallest absolute Gasteiger partial charge is 0.869 e. The van der Waals surface area contributed by atoms with Gasteiger partial charge in [-0.25, -0.2) is 0 Å². The molecule has 6 aromatic rings. The molecule has 6 rings (SSSR count). The predicted octanol–water partition coefficient (Wildman–Crippen LogP) is 8.50. The fourth-order valence-corrected chi connectivity index (χ4v) is 10.6. The van der Waals surface area contributed by atoms with Crippen LogP contribution in [0.15, 0.2) is 206 Å². The molecular weight excluding hydrogens is 997 g/mol. The van der Waals surface area contributed by atoms with Gasteiger partial charge < -0.3 is 19.3 Å². The number of allylic oxidation sites excluding steroid dienone is 4. The molecule has 0 N–H and O–H groups in total. The van der Waals surface area contributed by atoms with Gasteiger partial charge in [0.1, 0.15) is 0 Å². The minimum Gasteiger partial charge on any atom is -0.869 e. The minimum absolute atomic E-state index is 0. The summed E-state index contributed by atoms with van der Waals surface area (Å²) in [6.45, 7) is 0. The van der Waals surface area contributed by atoms with E-state index in [0.29, 0.717) is 0 Å². The average molecular weight is 1030 g/mol. The maximum atomic E-state index is 13.8. The van der Waals surface area contributed by atoms with Crippen LogP contribution in [0.3, 0.4) is 0 Å². The third-order valence-corrected chi connectivity index (χ3v) is 14.5. The van der Waals surface area contributed by atoms with E-state index in [4.69, 9.17) is 0 Å². The molecule has 0 amide bonds. The van der Waals surface area contributed by atoms with Crippen LogP contribution in [0.5, 0.6) is 0 Å². The molecule has 21 heteroatoms. The quantitative estimate of drug-likeness (QED) is 0.0497. The SMILES string of the molecule is O=C(/C=C(\[O-])C(F)(F)F)C(F)(F)F.O=C(/C=C(\[O-])C(F)(F)F)C(F)(F)F.O=P(c1ccccc1)(c1ccccc1)c1ccccc1.O=P(c1ccccc1)(c1ccccc1)c1ccccc1.[Ni+2]. The summed E-state index contributed by atoms with van der Waals surface area (Å²) in [6.07, 6.45) is -23.9. The second kappa shape index (κ2) is 24.6. The Morgan fingerprint density at radius 3 is 0.597 bits per heavy atom. The van der Waals surface area contributed by atoms with Gasteiger partial charge in [-0.15, -0.1) is 0 Å². The van der Waals surface area contributed by atoms with Crippen LogP contribution in [0, 0.1) is 0 Å². The first-order valence-electron chi connectivity index (χ1n) is 18.4. The number of halogens is 12. The Morgan fingerprint density at radius 2 is 0.478 bits per heavy atom. The molecule has 0 radical (unpaired) electrons. The summed E-state index contributed by atoms with van der Waals surface area (Å²) in [6, 6.07) is 58.3. The first-order valence-corrected chi connectivity index (χ1v) is 21.8. The molecule has 0 unspecified atom stereocenters. The van der Waals surface area contributed by atoms with Crippen LogP contribution in [0.4, 0.5) is 52.7 Å². The maximum Gasteiger partial charge on any atom is 2.00 e. The first kappa shape index (κ1) is 57.0. The van der Waals surface area contributed by atoms with Gasteiger partial charge in [-0.1, -0.05) is 182 Å². The molecule has 0 aliphatic carbocycles. The maximum absolute atomic E-state index is 13.8. The summed E-state index contributed by atoms with van der Waals surface area (Å²) in [4.78, 5) is 19.6. The van der Waals surface area contributed by atoms with Gasteiger partial charge in [0, 0.05) is 31.8 Å². The molecule has 0 aromatic heterocycles. The van der Waals surface area contributed by atoms with Crippen LogP contribution in [0.25, 0.3) is 0 Å². The second-order valence-corrected chi connectivity index (χ2v) is 18.5. The van der Waals surface area contributed by atoms with Gasteiger partial charge >= 0.3 is 41.2 Å². The molecule has 0 aliphatic rings. The number of alkyl halides is 12. The Kier molecular flexibility index (Phi) is 20.9. The molecule has 6 aromatic carbocycles. The molecule has 0 spiro atoms. The number of rotatable bonds is 8. The monoisotopic (exact) mass is 1030 g/mol. The van der Waals surface area contributed by atoms with Crippen LogP contribution >= 0.6 is 14.3 Å². The Labute approximate surface area is 385 Å². The van der Waals surface area contributed by atoms with E-state index in [0.717, 1.165) is 31.8 Å². The number of carbonyl (C=O) groups excluding carboxylic acids is 2. The molecule has 0 saturated carbocycles. The summed E-state index contributed by atoms with van der Waals surface area (Å²) in [7, 11) is -5.55. The van der Waals surface area contributed by atoms with E-state index in [-0.39, 0.29) is 16.5 Å². The molecule has 0 fully saturated rings. The van der Waals surface area contributed by atoms with Crippen molar-refractivity contribution in [1.29, 1.82) is 0 Å². The standard InChI is InChI=1S/2C18H15OP.2C5H2F6O2.Ni/c2*19-20(16-10-4-1-5-11-16,17-12-6-2-7-13-17)18-14-8-3-9-15-18;2*6-4(7,8)2(12)1-3(13)5(9,10)11;/h2*1-15H;2*1,12H;/q;;;;+2/p-2/b;;2*2-1-;. The van der Waals surface area contributed by atoms with Crippen molar-refractivity contribution in [2.45, 2.75) is 24.7 Å². The van der Waals surface area contributed by atoms with Gasteiger partial charge in [0.05, 0.1) is 0 Å². The van der Waals surface area contributed by atoms with Crippen molar-refractivity contribution < 1.29 is 98.1 Å². The van der Waals surface area contributed by atoms with E-state index in [1.54, 1.807) is 0 Å². The van der Waals surface area contributed by atoms with Crippen molar-refractivity contribution in [3.8, 4) is 0 Å². The Hall–Kier alpha value is -6.15. The third-order valence-electron chi connectivity index (χ3n) is 8.36. The van der Waals surface area contributed by atoms with Gasteiger partial charge in [0.2, 0.25) is 0 Å². The van der Waals surface area contributed by atoms with E-state index < -0.39 is 74.2 Å². The van der Waals surface area contributed by atoms with Crippen LogP contribution < -0.4 is 42.0 Å². The van der Waals surface area contributed by atoms with Crippen LogP contribution in [-0.4, -0.2) is 36.3 Å². The van der Waals surface area contributed by atoms with Crippen molar-refractivity contribution in [3.05, 3.63) is 206 Å². The zero-order valence-corrected chi connectivity index (χ0v) is 36.4. The van der Waals surface area contributed by atoms with Crippen molar-refractivity contribution in [3.63, 3.8) is 0 Å². The molecule has 6 nitrogen and oxygen atoms in total. The molecule has 0 aliphatic heterocycles. The summed E-state index contributed by atoms with van der Waals surface area (Å²) < 4.78 is 163. The number of carbonyl (C=O) groups is 2. The van der Waals surface area contributed by atoms with Crippen LogP contribution in [0.1, 0.15) is 0 Å². The normalized spacial score (nSPS) is 12.3. The van der Waals surface area contributed by atoms with E-state index >= 15 is 0 Å². The Balaban J connectivity index is 0.000000313. The summed E-state index contributed by atoms with van der Waals surface area (Å²) in [5.74, 6) is -11.3. The second-order valence-electron chi connectivity index (χ2n) is 13.0. The molecule has 67 heavy (non-hydrogen) atoms. The summed E-state index contributed by atoms with van der Waals surface area (Å²) in [5, 5.41) is 24.9. The number of benzene rings is 6. The first-order chi connectivity index (χ1) is 30.7. The summed E-state index contributed by atoms with van der Waals surface area (Å²) in [5.41, 5.74) is 0. The Bertz CT molecular complexity index is 2240. The van der Waals surface area contributed by atoms with E-state index in [2.05, 4.69) is 0 Å². The van der Waals surface area contributed by atoms with Gasteiger partial charge in [-0.05, 0) is 23.7 Å². The number of ketones is 2. The van der Waals surface area contributed by atoms with Crippen molar-refractivity contribution in [2.24, 2.45) is 0 Å². The van der Waals surface area contributed by atoms with E-state index in [1.807, 2.05) is 182 Å². The molecule has 0 saturated heterocycles. The fraction of sp³-hybridized carbons (Fsp3) is 0.0870. The Morgan fingerprint density at radius 1 is 0.328 bits per heavy atom. The number of hydrogen-bond acceptors (Lipinski definition) is 6. The van der Waals surface area contributed by atoms with Gasteiger partial charge in [0.15, 0.2) is 14.3 Å². The molecular formula is C46H32F12NiO6P2. The largest absolute Gasteiger partial charge is 2.00 e. The molecule has 0 bridgehead atoms. The fourth-order valence-electron chi connectivity index (χ4n) is 5.29. The topological polar surface area (TPSA) is 114 Å². The van der Waals surface area contributed by atoms with E-state index in [9.17, 15) is 81.6 Å². The van der Waals surface area contributed by atoms with Gasteiger partial charge in [-0.3, -0.25) is 9.59 Å². The van der Waals surface area contributed by atoms with E-state index in [1.165, 1.54) is 0 Å². The molecule has 0 atom stereocenters. The molecule has 356 valence electrons. The predicted molar refractivity (Wildman–Crippen MR) is 222 cm³/mol. The van der Waals surface area contributed by atoms with Gasteiger partial charge in [0.25, 0.3) is 11.6 Å². The third kappa shape index (κ3) is 16.6. The van der Waals surface area contributed by atoms with Crippen molar-refractivity contribution in [1.82, 2.24) is 0 Å². The molecule has 0 heterocycles. The van der Waals surface area contributed by atoms with Crippen LogP contribution in [0.2, 0.25) is 0 Å². The van der Waals surface area contributed by atoms with Gasteiger partial charge in [-0.2, -0.15) is 52.7 Å².